The molecule has 0 saturated heterocycles. The Morgan fingerprint density at radius 1 is 1.12 bits per heavy atom. The summed E-state index contributed by atoms with van der Waals surface area (Å²) in [5.74, 6) is 1.31. The van der Waals surface area contributed by atoms with E-state index in [0.29, 0.717) is 28.7 Å². The number of carbonyl (C=O) groups is 1. The summed E-state index contributed by atoms with van der Waals surface area (Å²) >= 11 is 0. The molecule has 1 amide bonds. The second kappa shape index (κ2) is 9.50. The van der Waals surface area contributed by atoms with Crippen LogP contribution in [0.25, 0.3) is 0 Å². The molecule has 0 aliphatic rings. The van der Waals surface area contributed by atoms with Gasteiger partial charge >= 0.3 is 6.18 Å². The van der Waals surface area contributed by atoms with Crippen LogP contribution in [0.15, 0.2) is 47.6 Å². The van der Waals surface area contributed by atoms with Crippen molar-refractivity contribution < 1.29 is 27.4 Å². The number of aromatic nitrogens is 3. The number of hydrogen-bond acceptors (Lipinski definition) is 6. The molecule has 1 aromatic heterocycles. The molecule has 3 aromatic rings. The molecule has 0 aliphatic heterocycles. The summed E-state index contributed by atoms with van der Waals surface area (Å²) in [7, 11) is 1.44. The lowest BCUT2D eigenvalue weighted by atomic mass is 10.2. The Hall–Kier alpha value is -3.89. The van der Waals surface area contributed by atoms with E-state index in [1.807, 2.05) is 0 Å². The van der Waals surface area contributed by atoms with Gasteiger partial charge in [0.2, 0.25) is 0 Å². The fraction of sp³-hybridized carbons (Fsp3) is 0.238. The van der Waals surface area contributed by atoms with Crippen LogP contribution in [-0.4, -0.2) is 40.7 Å². The van der Waals surface area contributed by atoms with Crippen LogP contribution in [0.4, 0.5) is 18.9 Å². The highest BCUT2D eigenvalue weighted by Crippen LogP contribution is 2.31. The molecule has 8 nitrogen and oxygen atoms in total. The van der Waals surface area contributed by atoms with E-state index in [4.69, 9.17) is 9.47 Å². The Morgan fingerprint density at radius 3 is 2.50 bits per heavy atom. The molecular formula is C21H20F3N5O3. The van der Waals surface area contributed by atoms with Crippen molar-refractivity contribution in [2.75, 3.05) is 19.0 Å². The first kappa shape index (κ1) is 22.8. The number of ether oxygens (including phenoxy) is 2. The maximum absolute atomic E-state index is 12.8. The molecule has 1 heterocycles. The monoisotopic (exact) mass is 447 g/mol. The number of amides is 1. The highest BCUT2D eigenvalue weighted by atomic mass is 19.4. The maximum Gasteiger partial charge on any atom is 0.416 e. The van der Waals surface area contributed by atoms with Gasteiger partial charge in [0.25, 0.3) is 5.91 Å². The average Bonchev–Trinajstić information content (AvgIpc) is 3.08. The molecule has 0 radical (unpaired) electrons. The fourth-order valence-corrected chi connectivity index (χ4v) is 2.75. The van der Waals surface area contributed by atoms with Gasteiger partial charge in [0.1, 0.15) is 0 Å². The third kappa shape index (κ3) is 5.62. The lowest BCUT2D eigenvalue weighted by Gasteiger charge is -2.12. The van der Waals surface area contributed by atoms with Crippen LogP contribution in [0.5, 0.6) is 11.5 Å². The highest BCUT2D eigenvalue weighted by Gasteiger charge is 2.30. The summed E-state index contributed by atoms with van der Waals surface area (Å²) in [4.78, 5) is 12.1. The molecule has 0 atom stereocenters. The van der Waals surface area contributed by atoms with Crippen molar-refractivity contribution in [3.63, 3.8) is 0 Å². The van der Waals surface area contributed by atoms with Gasteiger partial charge in [-0.3, -0.25) is 4.79 Å². The molecule has 0 fully saturated rings. The summed E-state index contributed by atoms with van der Waals surface area (Å²) in [5, 5.41) is 14.5. The molecule has 0 spiro atoms. The topological polar surface area (TPSA) is 90.6 Å². The lowest BCUT2D eigenvalue weighted by Crippen LogP contribution is -2.20. The van der Waals surface area contributed by atoms with Crippen LogP contribution in [0, 0.1) is 13.8 Å². The standard InChI is InChI=1S/C21H20F3N5O3/c1-13-27-28-14(2)29(13)25-11-15-7-8-18(19(9-15)31-3)32-12-20(30)26-17-6-4-5-16(10-17)21(22,23)24/h4-11H,12H2,1-3H3,(H,26,30)/b25-11+. The van der Waals surface area contributed by atoms with Gasteiger partial charge in [0, 0.05) is 5.69 Å². The van der Waals surface area contributed by atoms with E-state index in [-0.39, 0.29) is 5.69 Å². The molecular weight excluding hydrogens is 427 g/mol. The van der Waals surface area contributed by atoms with Crippen molar-refractivity contribution in [1.82, 2.24) is 14.9 Å². The minimum Gasteiger partial charge on any atom is -0.493 e. The second-order valence-electron chi connectivity index (χ2n) is 6.68. The predicted octanol–water partition coefficient (Wildman–Crippen LogP) is 3.82. The van der Waals surface area contributed by atoms with Gasteiger partial charge in [0.15, 0.2) is 29.8 Å². The van der Waals surface area contributed by atoms with Crippen molar-refractivity contribution in [1.29, 1.82) is 0 Å². The van der Waals surface area contributed by atoms with Crippen LogP contribution < -0.4 is 14.8 Å². The van der Waals surface area contributed by atoms with E-state index >= 15 is 0 Å². The molecule has 3 rings (SSSR count). The number of aryl methyl sites for hydroxylation is 2. The summed E-state index contributed by atoms with van der Waals surface area (Å²) < 4.78 is 50.7. The molecule has 1 N–H and O–H groups in total. The van der Waals surface area contributed by atoms with Crippen LogP contribution in [-0.2, 0) is 11.0 Å². The SMILES string of the molecule is COc1cc(/C=N/n2c(C)nnc2C)ccc1OCC(=O)Nc1cccc(C(F)(F)F)c1. The molecule has 2 aromatic carbocycles. The number of alkyl halides is 3. The van der Waals surface area contributed by atoms with Crippen LogP contribution in [0.3, 0.4) is 0 Å². The van der Waals surface area contributed by atoms with E-state index in [1.54, 1.807) is 42.9 Å². The third-order valence-electron chi connectivity index (χ3n) is 4.29. The number of nitrogens with one attached hydrogen (secondary N) is 1. The summed E-state index contributed by atoms with van der Waals surface area (Å²) in [5.41, 5.74) is -0.131. The summed E-state index contributed by atoms with van der Waals surface area (Å²) in [6, 6.07) is 9.33. The second-order valence-corrected chi connectivity index (χ2v) is 6.68. The number of anilines is 1. The third-order valence-corrected chi connectivity index (χ3v) is 4.29. The zero-order valence-corrected chi connectivity index (χ0v) is 17.5. The summed E-state index contributed by atoms with van der Waals surface area (Å²) in [6.07, 6.45) is -2.91. The van der Waals surface area contributed by atoms with Gasteiger partial charge in [-0.25, -0.2) is 4.68 Å². The Bertz CT molecular complexity index is 1120. The molecule has 168 valence electrons. The number of halogens is 3. The number of rotatable bonds is 7. The smallest absolute Gasteiger partial charge is 0.416 e. The molecule has 0 bridgehead atoms. The first-order valence-corrected chi connectivity index (χ1v) is 9.38. The Labute approximate surface area is 181 Å². The van der Waals surface area contributed by atoms with E-state index < -0.39 is 24.3 Å². The number of carbonyl (C=O) groups excluding carboxylic acids is 1. The maximum atomic E-state index is 12.8. The van der Waals surface area contributed by atoms with E-state index in [0.717, 1.165) is 12.1 Å². The van der Waals surface area contributed by atoms with Gasteiger partial charge in [0.05, 0.1) is 18.9 Å². The van der Waals surface area contributed by atoms with Gasteiger partial charge < -0.3 is 14.8 Å². The van der Waals surface area contributed by atoms with E-state index in [9.17, 15) is 18.0 Å². The predicted molar refractivity (Wildman–Crippen MR) is 111 cm³/mol. The molecule has 32 heavy (non-hydrogen) atoms. The highest BCUT2D eigenvalue weighted by molar-refractivity contribution is 5.92. The molecule has 11 heteroatoms. The number of benzene rings is 2. The van der Waals surface area contributed by atoms with Crippen molar-refractivity contribution in [3.05, 3.63) is 65.2 Å². The normalized spacial score (nSPS) is 11.6. The first-order valence-electron chi connectivity index (χ1n) is 9.38. The number of hydrogen-bond donors (Lipinski definition) is 1. The zero-order chi connectivity index (χ0) is 23.3. The minimum absolute atomic E-state index is 0.0199. The zero-order valence-electron chi connectivity index (χ0n) is 17.5. The van der Waals surface area contributed by atoms with Crippen LogP contribution in [0.1, 0.15) is 22.8 Å². The molecule has 0 aliphatic carbocycles. The van der Waals surface area contributed by atoms with Crippen molar-refractivity contribution in [2.45, 2.75) is 20.0 Å². The van der Waals surface area contributed by atoms with Crippen molar-refractivity contribution >= 4 is 17.8 Å². The number of methoxy groups -OCH3 is 1. The minimum atomic E-state index is -4.50. The molecule has 0 saturated carbocycles. The fourth-order valence-electron chi connectivity index (χ4n) is 2.75. The quantitative estimate of drug-likeness (QED) is 0.556. The van der Waals surface area contributed by atoms with Gasteiger partial charge in [-0.2, -0.15) is 18.3 Å². The van der Waals surface area contributed by atoms with Gasteiger partial charge in [-0.1, -0.05) is 6.07 Å². The average molecular weight is 447 g/mol. The van der Waals surface area contributed by atoms with Gasteiger partial charge in [-0.05, 0) is 55.8 Å². The number of nitrogens with zero attached hydrogens (tertiary/aromatic N) is 4. The van der Waals surface area contributed by atoms with Gasteiger partial charge in [-0.15, -0.1) is 10.2 Å². The Morgan fingerprint density at radius 2 is 1.84 bits per heavy atom. The Kier molecular flexibility index (Phi) is 6.76. The van der Waals surface area contributed by atoms with Crippen LogP contribution >= 0.6 is 0 Å². The largest absolute Gasteiger partial charge is 0.493 e. The van der Waals surface area contributed by atoms with E-state index in [2.05, 4.69) is 20.6 Å². The van der Waals surface area contributed by atoms with E-state index in [1.165, 1.54) is 19.2 Å². The van der Waals surface area contributed by atoms with Crippen LogP contribution in [0.2, 0.25) is 0 Å². The lowest BCUT2D eigenvalue weighted by molar-refractivity contribution is -0.137. The van der Waals surface area contributed by atoms with Crippen molar-refractivity contribution in [2.24, 2.45) is 5.10 Å². The molecule has 0 unspecified atom stereocenters. The Balaban J connectivity index is 1.64. The summed E-state index contributed by atoms with van der Waals surface area (Å²) in [6.45, 7) is 3.14. The van der Waals surface area contributed by atoms with Crippen molar-refractivity contribution in [3.8, 4) is 11.5 Å². The first-order chi connectivity index (χ1) is 15.2.